The van der Waals surface area contributed by atoms with E-state index in [1.807, 2.05) is 13.8 Å². The first kappa shape index (κ1) is 15.0. The fourth-order valence-corrected chi connectivity index (χ4v) is 4.37. The predicted octanol–water partition coefficient (Wildman–Crippen LogP) is 4.82. The first-order valence-corrected chi connectivity index (χ1v) is 8.26. The van der Waals surface area contributed by atoms with Crippen LogP contribution in [0.15, 0.2) is 0 Å². The second kappa shape index (κ2) is 5.53. The highest BCUT2D eigenvalue weighted by Crippen LogP contribution is 2.44. The molecule has 1 aliphatic carbocycles. The third kappa shape index (κ3) is 3.38. The Morgan fingerprint density at radius 3 is 2.21 bits per heavy atom. The zero-order chi connectivity index (χ0) is 14.2. The molecule has 0 aliphatic heterocycles. The van der Waals surface area contributed by atoms with E-state index in [4.69, 9.17) is 4.98 Å². The minimum atomic E-state index is -0.378. The molecule has 1 unspecified atom stereocenters. The molecule has 1 fully saturated rings. The summed E-state index contributed by atoms with van der Waals surface area (Å²) in [6.07, 6.45) is 4.77. The normalized spacial score (nSPS) is 26.4. The number of aliphatic hydroxyl groups is 1. The summed E-state index contributed by atoms with van der Waals surface area (Å²) >= 11 is 1.72. The molecule has 3 heteroatoms. The molecular formula is C16H27NOS. The highest BCUT2D eigenvalue weighted by Gasteiger charge is 2.31. The van der Waals surface area contributed by atoms with Gasteiger partial charge < -0.3 is 5.11 Å². The molecule has 1 atom stereocenters. The number of hydrogen-bond donors (Lipinski definition) is 1. The Morgan fingerprint density at radius 1 is 1.21 bits per heavy atom. The molecule has 0 radical (unpaired) electrons. The number of thiazole rings is 1. The first-order valence-electron chi connectivity index (χ1n) is 7.44. The van der Waals surface area contributed by atoms with E-state index >= 15 is 0 Å². The molecule has 1 aromatic rings. The summed E-state index contributed by atoms with van der Waals surface area (Å²) < 4.78 is 0. The lowest BCUT2D eigenvalue weighted by molar-refractivity contribution is 0.169. The fourth-order valence-electron chi connectivity index (χ4n) is 3.20. The van der Waals surface area contributed by atoms with Crippen molar-refractivity contribution in [2.45, 2.75) is 72.3 Å². The van der Waals surface area contributed by atoms with Gasteiger partial charge in [0.2, 0.25) is 0 Å². The van der Waals surface area contributed by atoms with Gasteiger partial charge in [0.05, 0.1) is 21.7 Å². The van der Waals surface area contributed by atoms with Crippen LogP contribution in [0.5, 0.6) is 0 Å². The lowest BCUT2D eigenvalue weighted by Crippen LogP contribution is -2.25. The molecule has 2 rings (SSSR count). The number of aryl methyl sites for hydroxylation is 1. The van der Waals surface area contributed by atoms with Gasteiger partial charge in [-0.2, -0.15) is 0 Å². The van der Waals surface area contributed by atoms with Crippen molar-refractivity contribution in [2.24, 2.45) is 11.3 Å². The third-order valence-electron chi connectivity index (χ3n) is 4.53. The lowest BCUT2D eigenvalue weighted by atomic mass is 9.70. The maximum absolute atomic E-state index is 9.74. The average molecular weight is 281 g/mol. The van der Waals surface area contributed by atoms with Crippen molar-refractivity contribution in [3.8, 4) is 0 Å². The standard InChI is InChI=1S/C16H27NOS/c1-10-14(11(2)18)19-15(17-10)12-6-8-13(9-7-12)16(3,4)5/h11-13,18H,6-9H2,1-5H3. The molecule has 1 heterocycles. The van der Waals surface area contributed by atoms with Crippen LogP contribution in [0.3, 0.4) is 0 Å². The Hall–Kier alpha value is -0.410. The molecule has 108 valence electrons. The van der Waals surface area contributed by atoms with Gasteiger partial charge in [-0.1, -0.05) is 20.8 Å². The highest BCUT2D eigenvalue weighted by molar-refractivity contribution is 7.11. The second-order valence-electron chi connectivity index (χ2n) is 7.09. The fraction of sp³-hybridized carbons (Fsp3) is 0.812. The minimum absolute atomic E-state index is 0.378. The summed E-state index contributed by atoms with van der Waals surface area (Å²) in [5.74, 6) is 1.47. The molecule has 0 amide bonds. The van der Waals surface area contributed by atoms with Gasteiger partial charge >= 0.3 is 0 Å². The molecule has 0 spiro atoms. The summed E-state index contributed by atoms with van der Waals surface area (Å²) in [6, 6.07) is 0. The van der Waals surface area contributed by atoms with E-state index in [9.17, 15) is 5.11 Å². The van der Waals surface area contributed by atoms with Crippen LogP contribution in [-0.4, -0.2) is 10.1 Å². The van der Waals surface area contributed by atoms with Crippen LogP contribution >= 0.6 is 11.3 Å². The molecule has 1 aliphatic rings. The Balaban J connectivity index is 2.04. The Labute approximate surface area is 121 Å². The van der Waals surface area contributed by atoms with E-state index in [1.165, 1.54) is 30.7 Å². The summed E-state index contributed by atoms with van der Waals surface area (Å²) in [5.41, 5.74) is 1.46. The zero-order valence-corrected chi connectivity index (χ0v) is 13.7. The number of rotatable bonds is 2. The number of aromatic nitrogens is 1. The van der Waals surface area contributed by atoms with E-state index in [1.54, 1.807) is 11.3 Å². The number of nitrogens with zero attached hydrogens (tertiary/aromatic N) is 1. The van der Waals surface area contributed by atoms with E-state index < -0.39 is 0 Å². The van der Waals surface area contributed by atoms with Crippen molar-refractivity contribution in [3.63, 3.8) is 0 Å². The first-order chi connectivity index (χ1) is 8.79. The van der Waals surface area contributed by atoms with Crippen molar-refractivity contribution >= 4 is 11.3 Å². The predicted molar refractivity (Wildman–Crippen MR) is 81.6 cm³/mol. The Morgan fingerprint density at radius 2 is 1.79 bits per heavy atom. The maximum Gasteiger partial charge on any atom is 0.0962 e. The summed E-state index contributed by atoms with van der Waals surface area (Å²) in [6.45, 7) is 10.9. The van der Waals surface area contributed by atoms with Crippen LogP contribution in [0.2, 0.25) is 0 Å². The van der Waals surface area contributed by atoms with Crippen LogP contribution < -0.4 is 0 Å². The highest BCUT2D eigenvalue weighted by atomic mass is 32.1. The van der Waals surface area contributed by atoms with Crippen molar-refractivity contribution in [1.29, 1.82) is 0 Å². The molecule has 0 saturated heterocycles. The molecule has 1 saturated carbocycles. The molecule has 1 N–H and O–H groups in total. The lowest BCUT2D eigenvalue weighted by Gasteiger charge is -2.36. The third-order valence-corrected chi connectivity index (χ3v) is 6.02. The topological polar surface area (TPSA) is 33.1 Å². The largest absolute Gasteiger partial charge is 0.388 e. The van der Waals surface area contributed by atoms with Gasteiger partial charge in [-0.25, -0.2) is 4.98 Å². The van der Waals surface area contributed by atoms with Gasteiger partial charge in [0.25, 0.3) is 0 Å². The molecule has 19 heavy (non-hydrogen) atoms. The summed E-state index contributed by atoms with van der Waals surface area (Å²) in [4.78, 5) is 5.75. The van der Waals surface area contributed by atoms with Gasteiger partial charge in [-0.3, -0.25) is 0 Å². The molecule has 0 bridgehead atoms. The van der Waals surface area contributed by atoms with Crippen LogP contribution in [0.4, 0.5) is 0 Å². The van der Waals surface area contributed by atoms with Crippen molar-refractivity contribution in [2.75, 3.05) is 0 Å². The van der Waals surface area contributed by atoms with Gasteiger partial charge in [0.1, 0.15) is 0 Å². The molecule has 1 aromatic heterocycles. The maximum atomic E-state index is 9.74. The zero-order valence-electron chi connectivity index (χ0n) is 12.9. The Kier molecular flexibility index (Phi) is 4.36. The van der Waals surface area contributed by atoms with E-state index in [2.05, 4.69) is 20.8 Å². The smallest absolute Gasteiger partial charge is 0.0962 e. The van der Waals surface area contributed by atoms with E-state index in [-0.39, 0.29) is 6.10 Å². The number of hydrogen-bond acceptors (Lipinski definition) is 3. The SMILES string of the molecule is Cc1nc(C2CCC(C(C)(C)C)CC2)sc1C(C)O. The quantitative estimate of drug-likeness (QED) is 0.842. The van der Waals surface area contributed by atoms with Crippen molar-refractivity contribution < 1.29 is 5.11 Å². The van der Waals surface area contributed by atoms with Crippen LogP contribution in [0.1, 0.15) is 81.0 Å². The minimum Gasteiger partial charge on any atom is -0.388 e. The summed E-state index contributed by atoms with van der Waals surface area (Å²) in [5, 5.41) is 11.0. The van der Waals surface area contributed by atoms with Crippen LogP contribution in [-0.2, 0) is 0 Å². The Bertz CT molecular complexity index is 422. The summed E-state index contributed by atoms with van der Waals surface area (Å²) in [7, 11) is 0. The van der Waals surface area contributed by atoms with Crippen molar-refractivity contribution in [1.82, 2.24) is 4.98 Å². The van der Waals surface area contributed by atoms with Gasteiger partial charge in [0, 0.05) is 5.92 Å². The van der Waals surface area contributed by atoms with Gasteiger partial charge in [-0.15, -0.1) is 11.3 Å². The van der Waals surface area contributed by atoms with E-state index in [0.29, 0.717) is 11.3 Å². The molecule has 2 nitrogen and oxygen atoms in total. The molecule has 0 aromatic carbocycles. The van der Waals surface area contributed by atoms with Crippen molar-refractivity contribution in [3.05, 3.63) is 15.6 Å². The second-order valence-corrected chi connectivity index (χ2v) is 8.15. The van der Waals surface area contributed by atoms with Crippen LogP contribution in [0, 0.1) is 18.3 Å². The van der Waals surface area contributed by atoms with Gasteiger partial charge in [0.15, 0.2) is 0 Å². The van der Waals surface area contributed by atoms with Gasteiger partial charge in [-0.05, 0) is 50.9 Å². The number of aliphatic hydroxyl groups excluding tert-OH is 1. The van der Waals surface area contributed by atoms with Crippen LogP contribution in [0.25, 0.3) is 0 Å². The van der Waals surface area contributed by atoms with E-state index in [0.717, 1.165) is 16.5 Å². The monoisotopic (exact) mass is 281 g/mol. The molecular weight excluding hydrogens is 254 g/mol. The average Bonchev–Trinajstić information content (AvgIpc) is 2.70.